The number of hydrogen-bond donors (Lipinski definition) is 12. The fourth-order valence-electron chi connectivity index (χ4n) is 14.2. The Hall–Kier alpha value is -1.99. The Kier molecular flexibility index (Phi) is 58.1. The van der Waals surface area contributed by atoms with E-state index in [4.69, 9.17) is 28.4 Å². The molecule has 0 aromatic heterocycles. The van der Waals surface area contributed by atoms with Crippen molar-refractivity contribution < 1.29 is 89.4 Å². The van der Waals surface area contributed by atoms with Crippen molar-refractivity contribution in [3.8, 4) is 0 Å². The summed E-state index contributed by atoms with van der Waals surface area (Å²) in [5.41, 5.74) is 0. The first-order valence-corrected chi connectivity index (χ1v) is 41.7. The van der Waals surface area contributed by atoms with Crippen LogP contribution in [-0.2, 0) is 33.2 Å². The van der Waals surface area contributed by atoms with Crippen molar-refractivity contribution in [3.05, 3.63) is 36.5 Å². The number of aliphatic hydroxyl groups excluding tert-OH is 11. The van der Waals surface area contributed by atoms with Gasteiger partial charge in [-0.2, -0.15) is 0 Å². The fourth-order valence-corrected chi connectivity index (χ4v) is 14.2. The Morgan fingerprint density at radius 2 is 0.634 bits per heavy atom. The van der Waals surface area contributed by atoms with Crippen molar-refractivity contribution in [2.75, 3.05) is 26.4 Å². The lowest BCUT2D eigenvalue weighted by molar-refractivity contribution is -0.379. The molecule has 3 saturated heterocycles. The van der Waals surface area contributed by atoms with E-state index in [0.717, 1.165) is 44.9 Å². The Morgan fingerprint density at radius 1 is 0.347 bits per heavy atom. The van der Waals surface area contributed by atoms with Gasteiger partial charge in [-0.15, -0.1) is 0 Å². The number of rotatable bonds is 67. The first-order valence-electron chi connectivity index (χ1n) is 41.7. The van der Waals surface area contributed by atoms with Gasteiger partial charge in [-0.05, 0) is 44.9 Å². The maximum absolute atomic E-state index is 13.4. The minimum atomic E-state index is -1.98. The molecule has 3 aliphatic heterocycles. The van der Waals surface area contributed by atoms with Crippen LogP contribution in [0.2, 0.25) is 0 Å². The fraction of sp³-hybridized carbons (Fsp3) is 0.915. The monoisotopic (exact) mass is 1440 g/mol. The molecule has 17 atom stereocenters. The summed E-state index contributed by atoms with van der Waals surface area (Å²) in [4.78, 5) is 13.4. The summed E-state index contributed by atoms with van der Waals surface area (Å²) in [6, 6.07) is -0.995. The SMILES string of the molecule is CCCCCCC/C=C/CC/C=C/CC/C=C/C(O)C(COC1OC(CO)C(OC2OC(CO)C(OC3OC(CO)C(O)C(O)C3O)C(O)C2O)C(O)C1O)NC(=O)CCCCCCCCCCCCCCCCCCCCCCCCCCCCCCCCCCCCCCCCCCC. The highest BCUT2D eigenvalue weighted by Gasteiger charge is 2.54. The van der Waals surface area contributed by atoms with Crippen molar-refractivity contribution in [1.82, 2.24) is 5.32 Å². The largest absolute Gasteiger partial charge is 0.394 e. The lowest BCUT2D eigenvalue weighted by atomic mass is 9.96. The van der Waals surface area contributed by atoms with Crippen LogP contribution in [0.3, 0.4) is 0 Å². The van der Waals surface area contributed by atoms with Crippen LogP contribution in [-0.4, -0.2) is 193 Å². The molecule has 0 saturated carbocycles. The molecule has 0 aromatic rings. The Balaban J connectivity index is 1.27. The van der Waals surface area contributed by atoms with Crippen LogP contribution >= 0.6 is 0 Å². The maximum Gasteiger partial charge on any atom is 0.220 e. The smallest absolute Gasteiger partial charge is 0.220 e. The van der Waals surface area contributed by atoms with Crippen molar-refractivity contribution in [2.24, 2.45) is 0 Å². The van der Waals surface area contributed by atoms with E-state index >= 15 is 0 Å². The minimum absolute atomic E-state index is 0.236. The first-order chi connectivity index (χ1) is 49.3. The Bertz CT molecular complexity index is 1960. The number of carbonyl (C=O) groups excluding carboxylic acids is 1. The van der Waals surface area contributed by atoms with E-state index < -0.39 is 124 Å². The first kappa shape index (κ1) is 93.2. The third-order valence-electron chi connectivity index (χ3n) is 20.9. The zero-order valence-electron chi connectivity index (χ0n) is 63.7. The molecule has 3 fully saturated rings. The van der Waals surface area contributed by atoms with Gasteiger partial charge in [-0.25, -0.2) is 0 Å². The highest BCUT2D eigenvalue weighted by atomic mass is 16.8. The number of hydrogen-bond acceptors (Lipinski definition) is 18. The summed E-state index contributed by atoms with van der Waals surface area (Å²) in [5, 5.41) is 121. The second kappa shape index (κ2) is 63.0. The molecule has 3 heterocycles. The molecule has 1 amide bonds. The summed E-state index contributed by atoms with van der Waals surface area (Å²) >= 11 is 0. The molecule has 3 rings (SSSR count). The predicted octanol–water partition coefficient (Wildman–Crippen LogP) is 14.3. The molecule has 12 N–H and O–H groups in total. The summed E-state index contributed by atoms with van der Waals surface area (Å²) in [7, 11) is 0. The van der Waals surface area contributed by atoms with Crippen LogP contribution in [0, 0.1) is 0 Å². The van der Waals surface area contributed by atoms with Crippen molar-refractivity contribution >= 4 is 5.91 Å². The molecule has 0 spiro atoms. The van der Waals surface area contributed by atoms with Gasteiger partial charge in [-0.3, -0.25) is 4.79 Å². The number of ether oxygens (including phenoxy) is 6. The molecule has 3 aliphatic rings. The molecule has 0 aliphatic carbocycles. The molecule has 0 bridgehead atoms. The summed E-state index contributed by atoms with van der Waals surface area (Å²) < 4.78 is 34.4. The average Bonchev–Trinajstić information content (AvgIpc) is 0.798. The van der Waals surface area contributed by atoms with Gasteiger partial charge in [0.15, 0.2) is 18.9 Å². The van der Waals surface area contributed by atoms with Crippen molar-refractivity contribution in [1.29, 1.82) is 0 Å². The number of amides is 1. The quantitative estimate of drug-likeness (QED) is 0.0199. The van der Waals surface area contributed by atoms with Crippen LogP contribution in [0.4, 0.5) is 0 Å². The molecule has 19 nitrogen and oxygen atoms in total. The van der Waals surface area contributed by atoms with Crippen LogP contribution in [0.5, 0.6) is 0 Å². The summed E-state index contributed by atoms with van der Waals surface area (Å²) in [5.74, 6) is -0.284. The standard InChI is InChI=1S/C82H153NO18/c1-3-5-7-9-11-13-15-17-19-20-21-22-23-24-25-26-27-28-29-30-31-32-33-34-35-36-37-38-39-40-41-42-43-44-46-48-50-52-54-56-58-60-70(88)83-65(66(87)59-57-55-53-51-49-47-45-18-16-14-12-10-8-6-4-2)64-96-80-76(94)73(91)78(68(62-85)98-80)101-82-77(95)74(92)79(69(63-86)99-82)100-81-75(93)72(90)71(89)67(61-84)97-81/h16,18,49,51,57,59,65-69,71-82,84-87,89-95H,3-15,17,19-48,50,52-56,58,60-64H2,1-2H3,(H,83,88)/b18-16+,51-49+,59-57+. The molecule has 17 unspecified atom stereocenters. The minimum Gasteiger partial charge on any atom is -0.394 e. The third kappa shape index (κ3) is 43.0. The lowest BCUT2D eigenvalue weighted by Gasteiger charge is -2.48. The average molecular weight is 1440 g/mol. The predicted molar refractivity (Wildman–Crippen MR) is 402 cm³/mol. The summed E-state index contributed by atoms with van der Waals surface area (Å²) in [6.45, 7) is 1.73. The Morgan fingerprint density at radius 3 is 0.990 bits per heavy atom. The van der Waals surface area contributed by atoms with Crippen LogP contribution in [0.25, 0.3) is 0 Å². The molecule has 0 radical (unpaired) electrons. The van der Waals surface area contributed by atoms with Crippen molar-refractivity contribution in [2.45, 2.75) is 452 Å². The second-order valence-electron chi connectivity index (χ2n) is 29.9. The maximum atomic E-state index is 13.4. The van der Waals surface area contributed by atoms with E-state index in [1.54, 1.807) is 6.08 Å². The van der Waals surface area contributed by atoms with Gasteiger partial charge in [0, 0.05) is 6.42 Å². The number of nitrogens with one attached hydrogen (secondary N) is 1. The van der Waals surface area contributed by atoms with E-state index in [2.05, 4.69) is 43.5 Å². The van der Waals surface area contributed by atoms with E-state index in [1.165, 1.54) is 270 Å². The molecule has 594 valence electrons. The number of allylic oxidation sites excluding steroid dienone is 5. The van der Waals surface area contributed by atoms with Gasteiger partial charge in [0.2, 0.25) is 5.91 Å². The highest BCUT2D eigenvalue weighted by Crippen LogP contribution is 2.33. The topological polar surface area (TPSA) is 307 Å². The van der Waals surface area contributed by atoms with Gasteiger partial charge in [0.05, 0.1) is 38.6 Å². The van der Waals surface area contributed by atoms with Gasteiger partial charge in [-0.1, -0.05) is 333 Å². The van der Waals surface area contributed by atoms with E-state index in [0.29, 0.717) is 12.8 Å². The van der Waals surface area contributed by atoms with Crippen LogP contribution in [0.15, 0.2) is 36.5 Å². The Labute approximate surface area is 612 Å². The number of carbonyl (C=O) groups is 1. The molecule has 101 heavy (non-hydrogen) atoms. The highest BCUT2D eigenvalue weighted by molar-refractivity contribution is 5.76. The van der Waals surface area contributed by atoms with E-state index in [9.17, 15) is 61.0 Å². The van der Waals surface area contributed by atoms with E-state index in [1.807, 2.05) is 6.08 Å². The molecule has 19 heteroatoms. The second-order valence-corrected chi connectivity index (χ2v) is 29.9. The third-order valence-corrected chi connectivity index (χ3v) is 20.9. The number of aliphatic hydroxyl groups is 11. The van der Waals surface area contributed by atoms with Gasteiger partial charge in [0.25, 0.3) is 0 Å². The lowest BCUT2D eigenvalue weighted by Crippen LogP contribution is -2.66. The van der Waals surface area contributed by atoms with Gasteiger partial charge < -0.3 is 89.9 Å². The van der Waals surface area contributed by atoms with Crippen molar-refractivity contribution in [3.63, 3.8) is 0 Å². The van der Waals surface area contributed by atoms with Gasteiger partial charge in [0.1, 0.15) is 73.2 Å². The summed E-state index contributed by atoms with van der Waals surface area (Å²) in [6.07, 6.45) is 51.9. The molecular weight excluding hydrogens is 1290 g/mol. The number of unbranched alkanes of at least 4 members (excludes halogenated alkanes) is 47. The van der Waals surface area contributed by atoms with Crippen LogP contribution in [0.1, 0.15) is 348 Å². The van der Waals surface area contributed by atoms with E-state index in [-0.39, 0.29) is 18.9 Å². The molecule has 0 aromatic carbocycles. The van der Waals surface area contributed by atoms with Crippen LogP contribution < -0.4 is 5.32 Å². The molecular formula is C82H153NO18. The zero-order chi connectivity index (χ0) is 73.2. The van der Waals surface area contributed by atoms with Gasteiger partial charge >= 0.3 is 0 Å². The normalized spacial score (nSPS) is 26.4. The zero-order valence-corrected chi connectivity index (χ0v) is 63.7.